The van der Waals surface area contributed by atoms with Gasteiger partial charge < -0.3 is 5.73 Å². The van der Waals surface area contributed by atoms with E-state index in [1.165, 1.54) is 6.34 Å². The zero-order valence-electron chi connectivity index (χ0n) is 3.59. The number of nitrogens with zero attached hydrogens (tertiary/aromatic N) is 1. The third-order valence-electron chi connectivity index (χ3n) is 0.340. The Morgan fingerprint density at radius 1 is 1.83 bits per heavy atom. The Morgan fingerprint density at radius 3 is 2.67 bits per heavy atom. The van der Waals surface area contributed by atoms with Crippen LogP contribution in [0, 0.1) is 0 Å². The van der Waals surface area contributed by atoms with Crippen LogP contribution in [0.2, 0.25) is 0 Å². The van der Waals surface area contributed by atoms with Crippen LogP contribution in [0.1, 0.15) is 0 Å². The van der Waals surface area contributed by atoms with Crippen LogP contribution < -0.4 is 5.73 Å². The first kappa shape index (κ1) is 5.21. The van der Waals surface area contributed by atoms with Gasteiger partial charge in [0.15, 0.2) is 0 Å². The van der Waals surface area contributed by atoms with Gasteiger partial charge in [0.2, 0.25) is 0 Å². The average molecular weight is 84.1 g/mol. The van der Waals surface area contributed by atoms with Gasteiger partial charge in [0, 0.05) is 0 Å². The molecule has 0 saturated carbocycles. The molecule has 0 atom stereocenters. The molecule has 0 aliphatic carbocycles. The Morgan fingerprint density at radius 2 is 2.50 bits per heavy atom. The van der Waals surface area contributed by atoms with Gasteiger partial charge in [-0.05, 0) is 0 Å². The molecule has 0 aromatic rings. The van der Waals surface area contributed by atoms with Crippen LogP contribution in [0.4, 0.5) is 0 Å². The summed E-state index contributed by atoms with van der Waals surface area (Å²) in [4.78, 5) is 3.62. The molecule has 0 spiro atoms. The van der Waals surface area contributed by atoms with E-state index < -0.39 is 0 Å². The number of hydrogen-bond acceptors (Lipinski definition) is 1. The monoisotopic (exact) mass is 84.1 g/mol. The van der Waals surface area contributed by atoms with Crippen LogP contribution in [-0.2, 0) is 0 Å². The van der Waals surface area contributed by atoms with Crippen molar-refractivity contribution in [3.63, 3.8) is 0 Å². The first-order valence-corrected chi connectivity index (χ1v) is 1.72. The van der Waals surface area contributed by atoms with E-state index in [9.17, 15) is 0 Å². The van der Waals surface area contributed by atoms with E-state index in [-0.39, 0.29) is 0 Å². The van der Waals surface area contributed by atoms with Crippen molar-refractivity contribution >= 4 is 6.34 Å². The summed E-state index contributed by atoms with van der Waals surface area (Å²) >= 11 is 0. The molecule has 0 heterocycles. The molecule has 0 amide bonds. The Labute approximate surface area is 37.4 Å². The molecule has 0 saturated heterocycles. The molecular weight excluding hydrogens is 76.1 g/mol. The lowest BCUT2D eigenvalue weighted by atomic mass is 10.7. The molecule has 0 unspecified atom stereocenters. The standard InChI is InChI=1S/C4H8N2/c1-2-3-6-4-5/h2,4H,1,3H2,(H2,5,6). The fraction of sp³-hybridized carbons (Fsp3) is 0.250. The highest BCUT2D eigenvalue weighted by atomic mass is 14.8. The highest BCUT2D eigenvalue weighted by Crippen LogP contribution is 1.61. The third kappa shape index (κ3) is 3.21. The minimum atomic E-state index is 0.622. The predicted molar refractivity (Wildman–Crippen MR) is 27.7 cm³/mol. The molecule has 0 bridgehead atoms. The van der Waals surface area contributed by atoms with E-state index >= 15 is 0 Å². The number of hydrogen-bond donors (Lipinski definition) is 1. The van der Waals surface area contributed by atoms with Crippen LogP contribution in [-0.4, -0.2) is 12.9 Å². The van der Waals surface area contributed by atoms with Gasteiger partial charge in [-0.3, -0.25) is 4.99 Å². The van der Waals surface area contributed by atoms with E-state index in [4.69, 9.17) is 5.73 Å². The zero-order chi connectivity index (χ0) is 4.83. The summed E-state index contributed by atoms with van der Waals surface area (Å²) < 4.78 is 0. The molecule has 0 aliphatic rings. The molecule has 34 valence electrons. The minimum Gasteiger partial charge on any atom is -0.390 e. The molecule has 0 aliphatic heterocycles. The van der Waals surface area contributed by atoms with E-state index in [0.717, 1.165) is 0 Å². The number of rotatable bonds is 2. The first-order valence-electron chi connectivity index (χ1n) is 1.72. The predicted octanol–water partition coefficient (Wildman–Crippen LogP) is 0.159. The molecule has 2 nitrogen and oxygen atoms in total. The number of aliphatic imine (C=N–C) groups is 1. The molecule has 0 aromatic heterocycles. The lowest BCUT2D eigenvalue weighted by Crippen LogP contribution is -1.88. The van der Waals surface area contributed by atoms with Gasteiger partial charge in [-0.2, -0.15) is 0 Å². The molecule has 0 rings (SSSR count). The van der Waals surface area contributed by atoms with Crippen LogP contribution >= 0.6 is 0 Å². The topological polar surface area (TPSA) is 38.4 Å². The van der Waals surface area contributed by atoms with E-state index in [2.05, 4.69) is 11.6 Å². The quantitative estimate of drug-likeness (QED) is 0.289. The SMILES string of the molecule is C=CCN=CN. The molecule has 0 fully saturated rings. The summed E-state index contributed by atoms with van der Waals surface area (Å²) in [6.45, 7) is 4.05. The van der Waals surface area contributed by atoms with Gasteiger partial charge in [-0.25, -0.2) is 0 Å². The summed E-state index contributed by atoms with van der Waals surface area (Å²) in [5, 5.41) is 0. The summed E-state index contributed by atoms with van der Waals surface area (Å²) in [5.41, 5.74) is 4.88. The normalized spacial score (nSPS) is 9.33. The summed E-state index contributed by atoms with van der Waals surface area (Å²) in [6.07, 6.45) is 2.95. The van der Waals surface area contributed by atoms with Crippen LogP contribution in [0.25, 0.3) is 0 Å². The lowest BCUT2D eigenvalue weighted by Gasteiger charge is -1.72. The smallest absolute Gasteiger partial charge is 0.0801 e. The third-order valence-corrected chi connectivity index (χ3v) is 0.340. The molecule has 2 heteroatoms. The summed E-state index contributed by atoms with van der Waals surface area (Å²) in [7, 11) is 0. The molecule has 0 aromatic carbocycles. The minimum absolute atomic E-state index is 0.622. The Kier molecular flexibility index (Phi) is 3.66. The highest BCUT2D eigenvalue weighted by molar-refractivity contribution is 5.51. The Bertz CT molecular complexity index is 56.6. The van der Waals surface area contributed by atoms with E-state index in [1.54, 1.807) is 6.08 Å². The van der Waals surface area contributed by atoms with Crippen molar-refractivity contribution in [2.45, 2.75) is 0 Å². The second-order valence-corrected chi connectivity index (χ2v) is 0.803. The fourth-order valence-corrected chi connectivity index (χ4v) is 0.135. The van der Waals surface area contributed by atoms with Gasteiger partial charge in [-0.1, -0.05) is 6.08 Å². The van der Waals surface area contributed by atoms with Gasteiger partial charge in [-0.15, -0.1) is 6.58 Å². The Hall–Kier alpha value is -0.790. The zero-order valence-corrected chi connectivity index (χ0v) is 3.59. The average Bonchev–Trinajstić information content (AvgIpc) is 1.61. The van der Waals surface area contributed by atoms with Crippen LogP contribution in [0.15, 0.2) is 17.6 Å². The first-order chi connectivity index (χ1) is 2.91. The maximum Gasteiger partial charge on any atom is 0.0801 e. The summed E-state index contributed by atoms with van der Waals surface area (Å²) in [5.74, 6) is 0. The highest BCUT2D eigenvalue weighted by Gasteiger charge is 1.57. The molecule has 0 radical (unpaired) electrons. The van der Waals surface area contributed by atoms with Gasteiger partial charge >= 0.3 is 0 Å². The van der Waals surface area contributed by atoms with Crippen molar-refractivity contribution in [3.8, 4) is 0 Å². The van der Waals surface area contributed by atoms with Crippen molar-refractivity contribution < 1.29 is 0 Å². The maximum atomic E-state index is 4.88. The van der Waals surface area contributed by atoms with Gasteiger partial charge in [0.25, 0.3) is 0 Å². The van der Waals surface area contributed by atoms with Crippen molar-refractivity contribution in [3.05, 3.63) is 12.7 Å². The molecular formula is C4H8N2. The van der Waals surface area contributed by atoms with Crippen molar-refractivity contribution in [1.29, 1.82) is 0 Å². The fourth-order valence-electron chi connectivity index (χ4n) is 0.135. The van der Waals surface area contributed by atoms with Crippen LogP contribution in [0.3, 0.4) is 0 Å². The lowest BCUT2D eigenvalue weighted by molar-refractivity contribution is 1.26. The van der Waals surface area contributed by atoms with Crippen molar-refractivity contribution in [1.82, 2.24) is 0 Å². The second kappa shape index (κ2) is 4.21. The number of nitrogens with two attached hydrogens (primary N) is 1. The van der Waals surface area contributed by atoms with Crippen LogP contribution in [0.5, 0.6) is 0 Å². The Balaban J connectivity index is 2.85. The summed E-state index contributed by atoms with van der Waals surface area (Å²) in [6, 6.07) is 0. The maximum absolute atomic E-state index is 4.88. The van der Waals surface area contributed by atoms with Crippen molar-refractivity contribution in [2.24, 2.45) is 10.7 Å². The molecule has 2 N–H and O–H groups in total. The van der Waals surface area contributed by atoms with Crippen molar-refractivity contribution in [2.75, 3.05) is 6.54 Å². The van der Waals surface area contributed by atoms with Gasteiger partial charge in [0.1, 0.15) is 0 Å². The largest absolute Gasteiger partial charge is 0.390 e. The van der Waals surface area contributed by atoms with E-state index in [0.29, 0.717) is 6.54 Å². The second-order valence-electron chi connectivity index (χ2n) is 0.803. The van der Waals surface area contributed by atoms with Gasteiger partial charge in [0.05, 0.1) is 12.9 Å². The molecule has 6 heavy (non-hydrogen) atoms. The van der Waals surface area contributed by atoms with E-state index in [1.807, 2.05) is 0 Å².